The van der Waals surface area contributed by atoms with Crippen LogP contribution in [-0.4, -0.2) is 65.3 Å². The molecule has 0 radical (unpaired) electrons. The third-order valence-electron chi connectivity index (χ3n) is 5.73. The number of nitrogens with one attached hydrogen (secondary N) is 1. The van der Waals surface area contributed by atoms with E-state index < -0.39 is 20.0 Å². The molecule has 3 rings (SSSR count). The van der Waals surface area contributed by atoms with Gasteiger partial charge >= 0.3 is 0 Å². The summed E-state index contributed by atoms with van der Waals surface area (Å²) in [4.78, 5) is 2.64. The van der Waals surface area contributed by atoms with E-state index in [9.17, 15) is 16.8 Å². The Morgan fingerprint density at radius 1 is 0.828 bits per heavy atom. The summed E-state index contributed by atoms with van der Waals surface area (Å²) >= 11 is 0. The van der Waals surface area contributed by atoms with Gasteiger partial charge in [-0.25, -0.2) is 21.6 Å². The van der Waals surface area contributed by atoms with E-state index >= 15 is 0 Å². The summed E-state index contributed by atoms with van der Waals surface area (Å²) in [6.07, 6.45) is 6.48. The summed E-state index contributed by atoms with van der Waals surface area (Å²) in [6, 6.07) is 5.56. The molecule has 2 aliphatic heterocycles. The Morgan fingerprint density at radius 3 is 1.93 bits per heavy atom. The fourth-order valence-corrected chi connectivity index (χ4v) is 6.71. The first-order chi connectivity index (χ1) is 13.8. The molecule has 1 atom stereocenters. The molecule has 0 aliphatic carbocycles. The van der Waals surface area contributed by atoms with Crippen molar-refractivity contribution in [3.8, 4) is 0 Å². The summed E-state index contributed by atoms with van der Waals surface area (Å²) in [5, 5.41) is 0. The zero-order chi connectivity index (χ0) is 20.9. The highest BCUT2D eigenvalue weighted by molar-refractivity contribution is 7.89. The molecule has 1 aromatic rings. The number of nitrogens with zero attached hydrogens (tertiary/aromatic N) is 2. The average Bonchev–Trinajstić information content (AvgIpc) is 2.74. The molecule has 2 saturated heterocycles. The van der Waals surface area contributed by atoms with Crippen LogP contribution in [0.2, 0.25) is 0 Å². The van der Waals surface area contributed by atoms with Crippen LogP contribution >= 0.6 is 0 Å². The Bertz CT molecular complexity index is 857. The molecule has 1 unspecified atom stereocenters. The summed E-state index contributed by atoms with van der Waals surface area (Å²) in [7, 11) is -7.21. The lowest BCUT2D eigenvalue weighted by atomic mass is 10.1. The molecule has 7 nitrogen and oxygen atoms in total. The maximum atomic E-state index is 12.7. The number of hydrogen-bond acceptors (Lipinski definition) is 5. The minimum absolute atomic E-state index is 0.0975. The van der Waals surface area contributed by atoms with Crippen LogP contribution in [0, 0.1) is 5.92 Å². The normalized spacial score (nSPS) is 21.1. The quantitative estimate of drug-likeness (QED) is 0.666. The topological polar surface area (TPSA) is 86.8 Å². The largest absolute Gasteiger partial charge is 0.303 e. The summed E-state index contributed by atoms with van der Waals surface area (Å²) < 4.78 is 54.8. The molecule has 2 aliphatic rings. The lowest BCUT2D eigenvalue weighted by molar-refractivity contribution is 0.201. The van der Waals surface area contributed by atoms with E-state index in [4.69, 9.17) is 0 Å². The second-order valence-corrected chi connectivity index (χ2v) is 12.0. The standard InChI is InChI=1S/C20H33N3O4S2/c1-18(17-22-12-4-2-5-13-22)16-21-28(24,25)19-8-10-20(11-9-19)29(26,27)23-14-6-3-7-15-23/h8-11,18,21H,2-7,12-17H2,1H3. The Labute approximate surface area is 175 Å². The van der Waals surface area contributed by atoms with Crippen molar-refractivity contribution in [3.63, 3.8) is 0 Å². The molecule has 0 amide bonds. The molecular formula is C20H33N3O4S2. The number of benzene rings is 1. The van der Waals surface area contributed by atoms with Gasteiger partial charge in [0.2, 0.25) is 20.0 Å². The highest BCUT2D eigenvalue weighted by Crippen LogP contribution is 2.22. The molecule has 1 aromatic carbocycles. The van der Waals surface area contributed by atoms with Gasteiger partial charge in [-0.1, -0.05) is 19.8 Å². The first-order valence-corrected chi connectivity index (χ1v) is 13.5. The van der Waals surface area contributed by atoms with Gasteiger partial charge < -0.3 is 4.90 Å². The van der Waals surface area contributed by atoms with Crippen molar-refractivity contribution in [3.05, 3.63) is 24.3 Å². The SMILES string of the molecule is CC(CNS(=O)(=O)c1ccc(S(=O)(=O)N2CCCCC2)cc1)CN1CCCCC1. The van der Waals surface area contributed by atoms with Crippen LogP contribution < -0.4 is 4.72 Å². The van der Waals surface area contributed by atoms with Gasteiger partial charge in [0.25, 0.3) is 0 Å². The van der Waals surface area contributed by atoms with E-state index in [-0.39, 0.29) is 15.7 Å². The predicted octanol–water partition coefficient (Wildman–Crippen LogP) is 2.26. The number of rotatable bonds is 8. The summed E-state index contributed by atoms with van der Waals surface area (Å²) in [6.45, 7) is 6.53. The van der Waals surface area contributed by atoms with Gasteiger partial charge in [0.05, 0.1) is 9.79 Å². The van der Waals surface area contributed by atoms with Crippen molar-refractivity contribution >= 4 is 20.0 Å². The fraction of sp³-hybridized carbons (Fsp3) is 0.700. The monoisotopic (exact) mass is 443 g/mol. The van der Waals surface area contributed by atoms with Crippen LogP contribution in [0.25, 0.3) is 0 Å². The average molecular weight is 444 g/mol. The highest BCUT2D eigenvalue weighted by atomic mass is 32.2. The van der Waals surface area contributed by atoms with Crippen LogP contribution in [0.5, 0.6) is 0 Å². The Kier molecular flexibility index (Phi) is 7.72. The van der Waals surface area contributed by atoms with Gasteiger partial charge in [-0.3, -0.25) is 0 Å². The Balaban J connectivity index is 1.59. The number of likely N-dealkylation sites (tertiary alicyclic amines) is 1. The molecular weight excluding hydrogens is 410 g/mol. The molecule has 164 valence electrons. The van der Waals surface area contributed by atoms with E-state index in [1.54, 1.807) is 0 Å². The molecule has 0 saturated carbocycles. The van der Waals surface area contributed by atoms with Crippen molar-refractivity contribution in [2.75, 3.05) is 39.3 Å². The lowest BCUT2D eigenvalue weighted by Crippen LogP contribution is -2.38. The van der Waals surface area contributed by atoms with E-state index in [1.165, 1.54) is 47.8 Å². The molecule has 2 fully saturated rings. The highest BCUT2D eigenvalue weighted by Gasteiger charge is 2.26. The fourth-order valence-electron chi connectivity index (χ4n) is 4.03. The molecule has 0 aromatic heterocycles. The van der Waals surface area contributed by atoms with Gasteiger partial charge in [-0.15, -0.1) is 0 Å². The van der Waals surface area contributed by atoms with Gasteiger partial charge in [0.1, 0.15) is 0 Å². The minimum Gasteiger partial charge on any atom is -0.303 e. The smallest absolute Gasteiger partial charge is 0.243 e. The molecule has 2 heterocycles. The third kappa shape index (κ3) is 6.01. The number of hydrogen-bond donors (Lipinski definition) is 1. The second-order valence-electron chi connectivity index (χ2n) is 8.25. The first kappa shape index (κ1) is 22.7. The Morgan fingerprint density at radius 2 is 1.34 bits per heavy atom. The van der Waals surface area contributed by atoms with Crippen LogP contribution in [0.15, 0.2) is 34.1 Å². The maximum Gasteiger partial charge on any atom is 0.243 e. The number of sulfonamides is 2. The minimum atomic E-state index is -3.66. The van der Waals surface area contributed by atoms with E-state index in [2.05, 4.69) is 9.62 Å². The lowest BCUT2D eigenvalue weighted by Gasteiger charge is -2.29. The predicted molar refractivity (Wildman–Crippen MR) is 114 cm³/mol. The van der Waals surface area contributed by atoms with Gasteiger partial charge in [-0.2, -0.15) is 4.31 Å². The summed E-state index contributed by atoms with van der Waals surface area (Å²) in [5.74, 6) is 0.210. The van der Waals surface area contributed by atoms with Gasteiger partial charge in [-0.05, 0) is 69.0 Å². The van der Waals surface area contributed by atoms with E-state index in [0.29, 0.717) is 19.6 Å². The summed E-state index contributed by atoms with van der Waals surface area (Å²) in [5.41, 5.74) is 0. The zero-order valence-corrected chi connectivity index (χ0v) is 18.8. The van der Waals surface area contributed by atoms with Crippen LogP contribution in [-0.2, 0) is 20.0 Å². The van der Waals surface area contributed by atoms with Crippen molar-refractivity contribution in [2.24, 2.45) is 5.92 Å². The van der Waals surface area contributed by atoms with Crippen molar-refractivity contribution in [1.29, 1.82) is 0 Å². The van der Waals surface area contributed by atoms with Gasteiger partial charge in [0, 0.05) is 26.2 Å². The molecule has 29 heavy (non-hydrogen) atoms. The van der Waals surface area contributed by atoms with E-state index in [1.807, 2.05) is 6.92 Å². The molecule has 1 N–H and O–H groups in total. The number of piperidine rings is 2. The molecule has 0 spiro atoms. The maximum absolute atomic E-state index is 12.7. The Hall–Kier alpha value is -1.00. The van der Waals surface area contributed by atoms with E-state index in [0.717, 1.165) is 38.9 Å². The zero-order valence-electron chi connectivity index (χ0n) is 17.2. The second kappa shape index (κ2) is 9.87. The third-order valence-corrected chi connectivity index (χ3v) is 9.08. The first-order valence-electron chi connectivity index (χ1n) is 10.6. The van der Waals surface area contributed by atoms with Crippen molar-refractivity contribution in [1.82, 2.24) is 13.9 Å². The van der Waals surface area contributed by atoms with Crippen molar-refractivity contribution in [2.45, 2.75) is 55.2 Å². The molecule has 9 heteroatoms. The van der Waals surface area contributed by atoms with Gasteiger partial charge in [0.15, 0.2) is 0 Å². The van der Waals surface area contributed by atoms with Crippen molar-refractivity contribution < 1.29 is 16.8 Å². The molecule has 0 bridgehead atoms. The van der Waals surface area contributed by atoms with Crippen LogP contribution in [0.1, 0.15) is 45.4 Å². The van der Waals surface area contributed by atoms with Crippen LogP contribution in [0.4, 0.5) is 0 Å². The van der Waals surface area contributed by atoms with Crippen LogP contribution in [0.3, 0.4) is 0 Å².